The lowest BCUT2D eigenvalue weighted by atomic mass is 10.1. The van der Waals surface area contributed by atoms with Crippen LogP contribution in [0.3, 0.4) is 0 Å². The Labute approximate surface area is 200 Å². The molecular weight excluding hydrogens is 444 g/mol. The van der Waals surface area contributed by atoms with Gasteiger partial charge in [0.15, 0.2) is 0 Å². The average Bonchev–Trinajstić information content (AvgIpc) is 3.12. The lowest BCUT2D eigenvalue weighted by Gasteiger charge is -2.12. The van der Waals surface area contributed by atoms with Gasteiger partial charge in [-0.15, -0.1) is 0 Å². The van der Waals surface area contributed by atoms with E-state index in [4.69, 9.17) is 4.55 Å². The number of unbranched alkanes of at least 4 members (excludes halogenated alkanes) is 9. The highest BCUT2D eigenvalue weighted by molar-refractivity contribution is 7.85. The Bertz CT molecular complexity index is 720. The molecule has 0 radical (unpaired) electrons. The third kappa shape index (κ3) is 13.9. The summed E-state index contributed by atoms with van der Waals surface area (Å²) >= 11 is 0. The Morgan fingerprint density at radius 1 is 1.06 bits per heavy atom. The number of amidine groups is 1. The van der Waals surface area contributed by atoms with Gasteiger partial charge in [-0.3, -0.25) is 18.8 Å². The molecule has 0 aromatic carbocycles. The van der Waals surface area contributed by atoms with Crippen molar-refractivity contribution in [3.8, 4) is 0 Å². The summed E-state index contributed by atoms with van der Waals surface area (Å²) in [4.78, 5) is 14.6. The number of aliphatic hydroxyl groups is 2. The van der Waals surface area contributed by atoms with Crippen LogP contribution in [0.1, 0.15) is 84.0 Å². The standard InChI is InChI=1S/C24H44N2O6S/c1-2-3-4-5-6-7-8-9-10-11-12-13-14-15-23(29)24-25(18-19-27)16-17-26(24)20-22(28)21-33(30,31)32/h11-12,22,27-28H,2-10,13-21H2,1H3/p+1/b12-11+. The molecule has 0 aliphatic carbocycles. The molecular formula is C24H45N2O6S+. The first-order valence-corrected chi connectivity index (χ1v) is 14.2. The Morgan fingerprint density at radius 3 is 2.27 bits per heavy atom. The van der Waals surface area contributed by atoms with Crippen molar-refractivity contribution in [2.45, 2.75) is 90.1 Å². The Hall–Kier alpha value is -1.29. The molecule has 0 aromatic heterocycles. The molecule has 9 heteroatoms. The zero-order valence-electron chi connectivity index (χ0n) is 20.3. The minimum absolute atomic E-state index is 0.0543. The van der Waals surface area contributed by atoms with Gasteiger partial charge in [0.05, 0.1) is 6.61 Å². The van der Waals surface area contributed by atoms with Crippen LogP contribution in [0.5, 0.6) is 0 Å². The summed E-state index contributed by atoms with van der Waals surface area (Å²) in [6, 6.07) is 0. The van der Waals surface area contributed by atoms with Crippen LogP contribution < -0.4 is 0 Å². The molecule has 33 heavy (non-hydrogen) atoms. The summed E-state index contributed by atoms with van der Waals surface area (Å²) in [6.07, 6.45) is 16.5. The summed E-state index contributed by atoms with van der Waals surface area (Å²) in [7, 11) is -4.29. The van der Waals surface area contributed by atoms with E-state index in [1.807, 2.05) is 0 Å². The topological polar surface area (TPSA) is 118 Å². The van der Waals surface area contributed by atoms with Gasteiger partial charge in [0.2, 0.25) is 5.78 Å². The third-order valence-corrected chi connectivity index (χ3v) is 6.66. The zero-order valence-corrected chi connectivity index (χ0v) is 21.1. The van der Waals surface area contributed by atoms with Gasteiger partial charge in [0.1, 0.15) is 38.0 Å². The Morgan fingerprint density at radius 2 is 1.67 bits per heavy atom. The monoisotopic (exact) mass is 489 g/mol. The van der Waals surface area contributed by atoms with E-state index in [9.17, 15) is 23.4 Å². The summed E-state index contributed by atoms with van der Waals surface area (Å²) in [5.41, 5.74) is 0. The molecule has 1 rings (SSSR count). The fraction of sp³-hybridized carbons (Fsp3) is 0.833. The molecule has 0 amide bonds. The van der Waals surface area contributed by atoms with Crippen molar-refractivity contribution in [2.24, 2.45) is 0 Å². The van der Waals surface area contributed by atoms with Crippen LogP contribution >= 0.6 is 0 Å². The first-order valence-electron chi connectivity index (χ1n) is 12.6. The number of rotatable bonds is 20. The van der Waals surface area contributed by atoms with Gasteiger partial charge in [-0.2, -0.15) is 8.42 Å². The minimum atomic E-state index is -4.29. The normalized spacial score (nSPS) is 15.7. The molecule has 8 nitrogen and oxygen atoms in total. The first kappa shape index (κ1) is 29.7. The van der Waals surface area contributed by atoms with Gasteiger partial charge in [-0.25, -0.2) is 0 Å². The quantitative estimate of drug-likeness (QED) is 0.104. The molecule has 1 unspecified atom stereocenters. The lowest BCUT2D eigenvalue weighted by molar-refractivity contribution is -0.525. The van der Waals surface area contributed by atoms with E-state index < -0.39 is 22.0 Å². The summed E-state index contributed by atoms with van der Waals surface area (Å²) in [6.45, 7) is 3.38. The van der Waals surface area contributed by atoms with Crippen molar-refractivity contribution < 1.29 is 32.6 Å². The molecule has 1 heterocycles. The van der Waals surface area contributed by atoms with Gasteiger partial charge >= 0.3 is 5.84 Å². The zero-order chi connectivity index (χ0) is 24.5. The van der Waals surface area contributed by atoms with Crippen molar-refractivity contribution in [1.82, 2.24) is 4.90 Å². The largest absolute Gasteiger partial charge is 0.392 e. The van der Waals surface area contributed by atoms with Crippen LogP contribution in [0.2, 0.25) is 0 Å². The molecule has 0 bridgehead atoms. The van der Waals surface area contributed by atoms with Crippen molar-refractivity contribution in [2.75, 3.05) is 38.5 Å². The number of Topliss-reactive ketones (excluding diaryl/α,β-unsaturated/α-hetero) is 1. The number of ketones is 1. The smallest absolute Gasteiger partial charge is 0.316 e. The summed E-state index contributed by atoms with van der Waals surface area (Å²) < 4.78 is 32.6. The van der Waals surface area contributed by atoms with Crippen LogP contribution in [-0.2, 0) is 14.9 Å². The number of β-amino-alcohol motifs (C(OH)–C–C–N with tert-alkyl or cyclic N) is 2. The molecule has 1 atom stereocenters. The molecule has 0 saturated heterocycles. The number of hydrogen-bond acceptors (Lipinski definition) is 6. The van der Waals surface area contributed by atoms with E-state index in [0.717, 1.165) is 12.8 Å². The molecule has 0 spiro atoms. The van der Waals surface area contributed by atoms with Gasteiger partial charge < -0.3 is 10.2 Å². The molecule has 0 fully saturated rings. The maximum Gasteiger partial charge on any atom is 0.316 e. The third-order valence-electron chi connectivity index (χ3n) is 5.86. The van der Waals surface area contributed by atoms with E-state index in [1.165, 1.54) is 51.4 Å². The highest BCUT2D eigenvalue weighted by Gasteiger charge is 2.36. The van der Waals surface area contributed by atoms with Crippen molar-refractivity contribution in [3.63, 3.8) is 0 Å². The first-order chi connectivity index (χ1) is 15.8. The molecule has 0 aromatic rings. The van der Waals surface area contributed by atoms with Crippen LogP contribution in [0.25, 0.3) is 0 Å². The summed E-state index contributed by atoms with van der Waals surface area (Å²) in [5.74, 6) is -0.424. The Kier molecular flexibility index (Phi) is 15.5. The fourth-order valence-electron chi connectivity index (χ4n) is 4.20. The summed E-state index contributed by atoms with van der Waals surface area (Å²) in [5, 5.41) is 19.3. The molecule has 1 aliphatic heterocycles. The molecule has 0 saturated carbocycles. The van der Waals surface area contributed by atoms with E-state index in [-0.39, 0.29) is 18.9 Å². The SMILES string of the molecule is CCCCCCCCCC/C=C/CCCC(=O)C1=[N+](CC(O)CS(=O)(=O)O)CCN1CCO. The van der Waals surface area contributed by atoms with Crippen molar-refractivity contribution in [3.05, 3.63) is 12.2 Å². The van der Waals surface area contributed by atoms with Crippen molar-refractivity contribution >= 4 is 21.7 Å². The van der Waals surface area contributed by atoms with Crippen LogP contribution in [-0.4, -0.2) is 88.9 Å². The molecule has 3 N–H and O–H groups in total. The number of aliphatic hydroxyl groups excluding tert-OH is 2. The number of carbonyl (C=O) groups excluding carboxylic acids is 1. The van der Waals surface area contributed by atoms with E-state index in [1.54, 1.807) is 9.48 Å². The van der Waals surface area contributed by atoms with Crippen LogP contribution in [0, 0.1) is 0 Å². The van der Waals surface area contributed by atoms with Gasteiger partial charge in [0.25, 0.3) is 10.1 Å². The fourth-order valence-corrected chi connectivity index (χ4v) is 4.79. The second kappa shape index (κ2) is 17.2. The maximum absolute atomic E-state index is 12.8. The second-order valence-electron chi connectivity index (χ2n) is 8.93. The lowest BCUT2D eigenvalue weighted by Crippen LogP contribution is -2.40. The number of allylic oxidation sites excluding steroid dienone is 2. The number of hydrogen-bond donors (Lipinski definition) is 3. The predicted octanol–water partition coefficient (Wildman–Crippen LogP) is 2.78. The van der Waals surface area contributed by atoms with E-state index in [2.05, 4.69) is 19.1 Å². The van der Waals surface area contributed by atoms with Crippen LogP contribution in [0.15, 0.2) is 12.2 Å². The second-order valence-corrected chi connectivity index (χ2v) is 10.4. The van der Waals surface area contributed by atoms with Crippen molar-refractivity contribution in [1.29, 1.82) is 0 Å². The predicted molar refractivity (Wildman–Crippen MR) is 131 cm³/mol. The average molecular weight is 490 g/mol. The van der Waals surface area contributed by atoms with E-state index >= 15 is 0 Å². The van der Waals surface area contributed by atoms with Gasteiger partial charge in [0, 0.05) is 6.42 Å². The van der Waals surface area contributed by atoms with Gasteiger partial charge in [-0.05, 0) is 25.7 Å². The number of carbonyl (C=O) groups is 1. The molecule has 192 valence electrons. The highest BCUT2D eigenvalue weighted by atomic mass is 32.2. The molecule has 1 aliphatic rings. The van der Waals surface area contributed by atoms with Crippen LogP contribution in [0.4, 0.5) is 0 Å². The van der Waals surface area contributed by atoms with Gasteiger partial charge in [-0.1, -0.05) is 64.0 Å². The number of nitrogens with zero attached hydrogens (tertiary/aromatic N) is 2. The maximum atomic E-state index is 12.8. The highest BCUT2D eigenvalue weighted by Crippen LogP contribution is 2.11. The minimum Gasteiger partial charge on any atom is -0.392 e. The van der Waals surface area contributed by atoms with E-state index in [0.29, 0.717) is 38.3 Å². The Balaban J connectivity index is 2.37.